The number of para-hydroxylation sites is 1. The normalized spacial score (nSPS) is 11.8. The van der Waals surface area contributed by atoms with Crippen molar-refractivity contribution in [3.05, 3.63) is 95.6 Å². The lowest BCUT2D eigenvalue weighted by Gasteiger charge is -2.21. The summed E-state index contributed by atoms with van der Waals surface area (Å²) in [6.07, 6.45) is -0.359. The molecule has 0 heterocycles. The first-order valence-electron chi connectivity index (χ1n) is 10.7. The lowest BCUT2D eigenvalue weighted by molar-refractivity contribution is 0.0949. The van der Waals surface area contributed by atoms with Crippen LogP contribution in [0.4, 0.5) is 0 Å². The monoisotopic (exact) mass is 418 g/mol. The van der Waals surface area contributed by atoms with E-state index in [-0.39, 0.29) is 17.8 Å². The number of ether oxygens (including phenoxy) is 1. The summed E-state index contributed by atoms with van der Waals surface area (Å²) in [7, 11) is 0. The molecule has 5 heteroatoms. The minimum Gasteiger partial charge on any atom is -0.508 e. The molecule has 0 fully saturated rings. The highest BCUT2D eigenvalue weighted by Crippen LogP contribution is 2.29. The maximum atomic E-state index is 12.5. The maximum absolute atomic E-state index is 12.5. The molecule has 31 heavy (non-hydrogen) atoms. The van der Waals surface area contributed by atoms with Crippen molar-refractivity contribution in [3.8, 4) is 11.5 Å². The Morgan fingerprint density at radius 3 is 2.06 bits per heavy atom. The minimum absolute atomic E-state index is 0.0798. The van der Waals surface area contributed by atoms with Crippen LogP contribution in [0.5, 0.6) is 11.5 Å². The van der Waals surface area contributed by atoms with Crippen LogP contribution < -0.4 is 10.1 Å². The Balaban J connectivity index is 1.74. The Hall–Kier alpha value is -3.31. The van der Waals surface area contributed by atoms with Crippen LogP contribution >= 0.6 is 0 Å². The Morgan fingerprint density at radius 2 is 1.48 bits per heavy atom. The van der Waals surface area contributed by atoms with Crippen molar-refractivity contribution >= 4 is 5.91 Å². The average Bonchev–Trinajstić information content (AvgIpc) is 2.82. The van der Waals surface area contributed by atoms with Gasteiger partial charge in [0.15, 0.2) is 0 Å². The molecule has 3 aromatic rings. The average molecular weight is 419 g/mol. The van der Waals surface area contributed by atoms with E-state index >= 15 is 0 Å². The molecular formula is C26H30N2O3. The number of carbonyl (C=O) groups excluding carboxylic acids is 1. The summed E-state index contributed by atoms with van der Waals surface area (Å²) in [6.45, 7) is 7.64. The fraction of sp³-hybridized carbons (Fsp3) is 0.269. The first-order chi connectivity index (χ1) is 15.1. The van der Waals surface area contributed by atoms with Crippen LogP contribution in [0.2, 0.25) is 0 Å². The molecule has 1 unspecified atom stereocenters. The molecule has 1 atom stereocenters. The van der Waals surface area contributed by atoms with Crippen LogP contribution in [-0.2, 0) is 0 Å². The van der Waals surface area contributed by atoms with Crippen molar-refractivity contribution < 1.29 is 14.6 Å². The number of phenols is 1. The third-order valence-corrected chi connectivity index (χ3v) is 5.28. The van der Waals surface area contributed by atoms with Gasteiger partial charge in [-0.3, -0.25) is 4.79 Å². The molecule has 0 spiro atoms. The van der Waals surface area contributed by atoms with Gasteiger partial charge in [-0.25, -0.2) is 0 Å². The van der Waals surface area contributed by atoms with E-state index in [2.05, 4.69) is 24.1 Å². The van der Waals surface area contributed by atoms with Crippen molar-refractivity contribution in [1.82, 2.24) is 10.2 Å². The van der Waals surface area contributed by atoms with Gasteiger partial charge >= 0.3 is 0 Å². The second-order valence-electron chi connectivity index (χ2n) is 7.31. The van der Waals surface area contributed by atoms with E-state index in [1.54, 1.807) is 12.1 Å². The van der Waals surface area contributed by atoms with Gasteiger partial charge in [0.1, 0.15) is 17.6 Å². The van der Waals surface area contributed by atoms with Crippen molar-refractivity contribution in [3.63, 3.8) is 0 Å². The summed E-state index contributed by atoms with van der Waals surface area (Å²) < 4.78 is 6.26. The van der Waals surface area contributed by atoms with Gasteiger partial charge in [0, 0.05) is 18.7 Å². The number of benzene rings is 3. The fourth-order valence-corrected chi connectivity index (χ4v) is 3.39. The van der Waals surface area contributed by atoms with E-state index in [4.69, 9.17) is 4.74 Å². The first kappa shape index (κ1) is 22.4. The van der Waals surface area contributed by atoms with Gasteiger partial charge in [0.2, 0.25) is 0 Å². The second-order valence-corrected chi connectivity index (χ2v) is 7.31. The molecule has 3 aromatic carbocycles. The van der Waals surface area contributed by atoms with Crippen LogP contribution in [0, 0.1) is 0 Å². The molecule has 0 aliphatic carbocycles. The number of hydrogen-bond donors (Lipinski definition) is 2. The molecule has 162 valence electrons. The number of nitrogens with zero attached hydrogens (tertiary/aromatic N) is 1. The molecule has 0 aliphatic rings. The molecule has 0 bridgehead atoms. The van der Waals surface area contributed by atoms with E-state index in [9.17, 15) is 9.90 Å². The Bertz CT molecular complexity index is 937. The maximum Gasteiger partial charge on any atom is 0.251 e. The molecule has 0 saturated carbocycles. The Labute approximate surface area is 184 Å². The summed E-state index contributed by atoms with van der Waals surface area (Å²) in [5.74, 6) is 0.876. The van der Waals surface area contributed by atoms with Gasteiger partial charge in [-0.15, -0.1) is 0 Å². The van der Waals surface area contributed by atoms with Gasteiger partial charge < -0.3 is 20.1 Å². The van der Waals surface area contributed by atoms with Crippen LogP contribution in [0.15, 0.2) is 78.9 Å². The number of likely N-dealkylation sites (N-methyl/N-ethyl adjacent to an activating group) is 1. The van der Waals surface area contributed by atoms with Crippen molar-refractivity contribution in [2.75, 3.05) is 26.2 Å². The van der Waals surface area contributed by atoms with Gasteiger partial charge in [0.25, 0.3) is 5.91 Å². The van der Waals surface area contributed by atoms with Gasteiger partial charge in [-0.05, 0) is 60.6 Å². The molecule has 3 rings (SSSR count). The van der Waals surface area contributed by atoms with Crippen LogP contribution in [0.25, 0.3) is 0 Å². The zero-order valence-electron chi connectivity index (χ0n) is 18.1. The molecule has 2 N–H and O–H groups in total. The van der Waals surface area contributed by atoms with E-state index in [0.29, 0.717) is 12.1 Å². The predicted molar refractivity (Wildman–Crippen MR) is 124 cm³/mol. The number of amides is 1. The van der Waals surface area contributed by atoms with Crippen molar-refractivity contribution in [2.45, 2.75) is 20.0 Å². The molecule has 0 radical (unpaired) electrons. The molecule has 5 nitrogen and oxygen atoms in total. The van der Waals surface area contributed by atoms with E-state index in [1.165, 1.54) is 0 Å². The number of hydrogen-bond acceptors (Lipinski definition) is 4. The van der Waals surface area contributed by atoms with Crippen LogP contribution in [0.3, 0.4) is 0 Å². The number of nitrogens with one attached hydrogen (secondary N) is 1. The number of carbonyl (C=O) groups is 1. The zero-order valence-corrected chi connectivity index (χ0v) is 18.1. The summed E-state index contributed by atoms with van der Waals surface area (Å²) in [6, 6.07) is 24.1. The highest BCUT2D eigenvalue weighted by atomic mass is 16.5. The van der Waals surface area contributed by atoms with Crippen molar-refractivity contribution in [1.29, 1.82) is 0 Å². The van der Waals surface area contributed by atoms with Gasteiger partial charge in [0.05, 0.1) is 0 Å². The fourth-order valence-electron chi connectivity index (χ4n) is 3.39. The summed E-state index contributed by atoms with van der Waals surface area (Å²) >= 11 is 0. The molecular weight excluding hydrogens is 388 g/mol. The largest absolute Gasteiger partial charge is 0.508 e. The van der Waals surface area contributed by atoms with Crippen LogP contribution in [0.1, 0.15) is 41.4 Å². The SMILES string of the molecule is CCN(CC)CCNC(=O)c1ccc(C(Oc2ccccc2)c2ccc(O)cc2)cc1. The highest BCUT2D eigenvalue weighted by molar-refractivity contribution is 5.94. The summed E-state index contributed by atoms with van der Waals surface area (Å²) in [4.78, 5) is 14.8. The smallest absolute Gasteiger partial charge is 0.251 e. The zero-order chi connectivity index (χ0) is 22.1. The van der Waals surface area contributed by atoms with E-state index < -0.39 is 0 Å². The molecule has 0 aliphatic heterocycles. The third kappa shape index (κ3) is 6.33. The number of aromatic hydroxyl groups is 1. The van der Waals surface area contributed by atoms with E-state index in [0.717, 1.165) is 36.5 Å². The van der Waals surface area contributed by atoms with Crippen molar-refractivity contribution in [2.24, 2.45) is 0 Å². The lowest BCUT2D eigenvalue weighted by Crippen LogP contribution is -2.34. The number of phenolic OH excluding ortho intramolecular Hbond substituents is 1. The van der Waals surface area contributed by atoms with Gasteiger partial charge in [-0.1, -0.05) is 56.3 Å². The summed E-state index contributed by atoms with van der Waals surface area (Å²) in [5.41, 5.74) is 2.46. The van der Waals surface area contributed by atoms with E-state index in [1.807, 2.05) is 66.7 Å². The second kappa shape index (κ2) is 11.2. The lowest BCUT2D eigenvalue weighted by atomic mass is 9.99. The minimum atomic E-state index is -0.359. The third-order valence-electron chi connectivity index (χ3n) is 5.28. The molecule has 1 amide bonds. The predicted octanol–water partition coefficient (Wildman–Crippen LogP) is 4.63. The molecule has 0 saturated heterocycles. The quantitative estimate of drug-likeness (QED) is 0.504. The Morgan fingerprint density at radius 1 is 0.903 bits per heavy atom. The summed E-state index contributed by atoms with van der Waals surface area (Å²) in [5, 5.41) is 12.6. The first-order valence-corrected chi connectivity index (χ1v) is 10.7. The highest BCUT2D eigenvalue weighted by Gasteiger charge is 2.17. The standard InChI is InChI=1S/C26H30N2O3/c1-3-28(4-2)19-18-27-26(30)22-12-10-20(11-13-22)25(21-14-16-23(29)17-15-21)31-24-8-6-5-7-9-24/h5-17,25,29H,3-4,18-19H2,1-2H3,(H,27,30). The van der Waals surface area contributed by atoms with Gasteiger partial charge in [-0.2, -0.15) is 0 Å². The molecule has 0 aromatic heterocycles. The van der Waals surface area contributed by atoms with Crippen LogP contribution in [-0.4, -0.2) is 42.1 Å². The number of rotatable bonds is 10. The topological polar surface area (TPSA) is 61.8 Å². The Kier molecular flexibility index (Phi) is 8.07.